The van der Waals surface area contributed by atoms with E-state index < -0.39 is 0 Å². The van der Waals surface area contributed by atoms with Crippen LogP contribution in [0.2, 0.25) is 0 Å². The quantitative estimate of drug-likeness (QED) is 0.858. The number of methoxy groups -OCH3 is 1. The van der Waals surface area contributed by atoms with E-state index in [1.54, 1.807) is 7.11 Å². The molecule has 1 N–H and O–H groups in total. The number of hydrogen-bond acceptors (Lipinski definition) is 4. The van der Waals surface area contributed by atoms with Crippen LogP contribution in [0.5, 0.6) is 5.75 Å². The van der Waals surface area contributed by atoms with Crippen molar-refractivity contribution in [3.05, 3.63) is 65.2 Å². The minimum atomic E-state index is -0.314. The zero-order valence-electron chi connectivity index (χ0n) is 17.3. The van der Waals surface area contributed by atoms with Crippen molar-refractivity contribution >= 4 is 5.91 Å². The fourth-order valence-corrected chi connectivity index (χ4v) is 4.54. The third kappa shape index (κ3) is 4.31. The van der Waals surface area contributed by atoms with E-state index in [1.807, 2.05) is 54.4 Å². The maximum absolute atomic E-state index is 13.4. The molecule has 2 aromatic carbocycles. The maximum atomic E-state index is 13.4. The number of rotatable bonds is 4. The number of carbonyl (C=O) groups is 1. The molecular formula is C24H30N2O3. The molecule has 29 heavy (non-hydrogen) atoms. The van der Waals surface area contributed by atoms with Gasteiger partial charge in [0.05, 0.1) is 13.2 Å². The summed E-state index contributed by atoms with van der Waals surface area (Å²) in [4.78, 5) is 15.4. The van der Waals surface area contributed by atoms with Crippen molar-refractivity contribution in [2.75, 3.05) is 20.7 Å². The highest BCUT2D eigenvalue weighted by atomic mass is 16.5. The molecule has 0 saturated heterocycles. The van der Waals surface area contributed by atoms with E-state index in [-0.39, 0.29) is 11.5 Å². The Bertz CT molecular complexity index is 841. The predicted octanol–water partition coefficient (Wildman–Crippen LogP) is 3.77. The average molecular weight is 395 g/mol. The first-order valence-electron chi connectivity index (χ1n) is 10.4. The first kappa shape index (κ1) is 19.9. The number of fused-ring (bicyclic) bond motifs is 1. The Morgan fingerprint density at radius 2 is 1.90 bits per heavy atom. The van der Waals surface area contributed by atoms with Gasteiger partial charge in [-0.25, -0.2) is 0 Å². The van der Waals surface area contributed by atoms with Gasteiger partial charge in [0.15, 0.2) is 0 Å². The normalized spacial score (nSPS) is 23.9. The van der Waals surface area contributed by atoms with Crippen molar-refractivity contribution in [3.8, 4) is 5.75 Å². The number of ether oxygens (including phenoxy) is 2. The van der Waals surface area contributed by atoms with Crippen LogP contribution in [-0.2, 0) is 17.9 Å². The van der Waals surface area contributed by atoms with Crippen LogP contribution in [0, 0.1) is 0 Å². The number of benzene rings is 2. The summed E-state index contributed by atoms with van der Waals surface area (Å²) in [5, 5.41) is 3.39. The second kappa shape index (κ2) is 8.56. The Morgan fingerprint density at radius 3 is 2.59 bits per heavy atom. The molecule has 2 aliphatic rings. The van der Waals surface area contributed by atoms with Gasteiger partial charge in [-0.2, -0.15) is 0 Å². The van der Waals surface area contributed by atoms with Gasteiger partial charge in [-0.15, -0.1) is 0 Å². The standard InChI is InChI=1S/C24H30N2O3/c1-25-21-11-13-24(14-12-21)17-26(15-20-5-3-4-6-22(20)29-24)23(27)19-9-7-18(8-10-19)16-28-2/h3-10,21,25H,11-17H2,1-2H3. The van der Waals surface area contributed by atoms with Crippen molar-refractivity contribution in [1.29, 1.82) is 0 Å². The van der Waals surface area contributed by atoms with E-state index in [0.717, 1.165) is 42.6 Å². The topological polar surface area (TPSA) is 50.8 Å². The second-order valence-electron chi connectivity index (χ2n) is 8.25. The predicted molar refractivity (Wildman–Crippen MR) is 113 cm³/mol. The number of amides is 1. The molecule has 5 heteroatoms. The Balaban J connectivity index is 1.61. The minimum Gasteiger partial charge on any atom is -0.485 e. The number of nitrogens with one attached hydrogen (secondary N) is 1. The highest BCUT2D eigenvalue weighted by molar-refractivity contribution is 5.94. The van der Waals surface area contributed by atoms with Gasteiger partial charge in [0, 0.05) is 30.8 Å². The lowest BCUT2D eigenvalue weighted by molar-refractivity contribution is 0.000432. The van der Waals surface area contributed by atoms with Crippen LogP contribution in [0.1, 0.15) is 47.2 Å². The molecule has 1 heterocycles. The Morgan fingerprint density at radius 1 is 1.17 bits per heavy atom. The Labute approximate surface area is 173 Å². The SMILES string of the molecule is CNC1CCC2(CC1)CN(C(=O)c1ccc(COC)cc1)Cc1ccccc1O2. The number of para-hydroxylation sites is 1. The van der Waals surface area contributed by atoms with E-state index in [9.17, 15) is 4.79 Å². The highest BCUT2D eigenvalue weighted by Gasteiger charge is 2.42. The molecule has 1 amide bonds. The summed E-state index contributed by atoms with van der Waals surface area (Å²) >= 11 is 0. The van der Waals surface area contributed by atoms with E-state index >= 15 is 0 Å². The maximum Gasteiger partial charge on any atom is 0.254 e. The fourth-order valence-electron chi connectivity index (χ4n) is 4.54. The zero-order chi connectivity index (χ0) is 20.3. The van der Waals surface area contributed by atoms with Crippen LogP contribution in [-0.4, -0.2) is 43.2 Å². The second-order valence-corrected chi connectivity index (χ2v) is 8.25. The van der Waals surface area contributed by atoms with Gasteiger partial charge >= 0.3 is 0 Å². The summed E-state index contributed by atoms with van der Waals surface area (Å²) < 4.78 is 11.8. The molecule has 0 radical (unpaired) electrons. The smallest absolute Gasteiger partial charge is 0.254 e. The monoisotopic (exact) mass is 394 g/mol. The molecular weight excluding hydrogens is 364 g/mol. The summed E-state index contributed by atoms with van der Waals surface area (Å²) in [6.07, 6.45) is 4.02. The summed E-state index contributed by atoms with van der Waals surface area (Å²) in [5.41, 5.74) is 2.54. The first-order valence-corrected chi connectivity index (χ1v) is 10.4. The molecule has 1 spiro atoms. The van der Waals surface area contributed by atoms with Gasteiger partial charge in [0.2, 0.25) is 0 Å². The third-order valence-corrected chi connectivity index (χ3v) is 6.24. The van der Waals surface area contributed by atoms with Crippen molar-refractivity contribution in [1.82, 2.24) is 10.2 Å². The van der Waals surface area contributed by atoms with E-state index in [2.05, 4.69) is 11.4 Å². The molecule has 0 aromatic heterocycles. The number of nitrogens with zero attached hydrogens (tertiary/aromatic N) is 1. The van der Waals surface area contributed by atoms with Crippen LogP contribution in [0.15, 0.2) is 48.5 Å². The average Bonchev–Trinajstić information content (AvgIpc) is 2.91. The first-order chi connectivity index (χ1) is 14.1. The summed E-state index contributed by atoms with van der Waals surface area (Å²) in [6.45, 7) is 1.75. The number of carbonyl (C=O) groups excluding carboxylic acids is 1. The van der Waals surface area contributed by atoms with Crippen LogP contribution in [0.4, 0.5) is 0 Å². The molecule has 154 valence electrons. The summed E-state index contributed by atoms with van der Waals surface area (Å²) in [5.74, 6) is 0.977. The van der Waals surface area contributed by atoms with Gasteiger partial charge in [0.1, 0.15) is 11.4 Å². The molecule has 5 nitrogen and oxygen atoms in total. The van der Waals surface area contributed by atoms with Crippen molar-refractivity contribution < 1.29 is 14.3 Å². The van der Waals surface area contributed by atoms with E-state index in [0.29, 0.717) is 31.3 Å². The molecule has 1 aliphatic carbocycles. The third-order valence-electron chi connectivity index (χ3n) is 6.24. The lowest BCUT2D eigenvalue weighted by Gasteiger charge is -2.41. The molecule has 2 aromatic rings. The van der Waals surface area contributed by atoms with Crippen LogP contribution in [0.3, 0.4) is 0 Å². The van der Waals surface area contributed by atoms with Crippen LogP contribution < -0.4 is 10.1 Å². The molecule has 1 aliphatic heterocycles. The van der Waals surface area contributed by atoms with Crippen LogP contribution >= 0.6 is 0 Å². The molecule has 4 rings (SSSR count). The zero-order valence-corrected chi connectivity index (χ0v) is 17.3. The van der Waals surface area contributed by atoms with E-state index in [4.69, 9.17) is 9.47 Å². The van der Waals surface area contributed by atoms with Gasteiger partial charge in [-0.3, -0.25) is 4.79 Å². The van der Waals surface area contributed by atoms with E-state index in [1.165, 1.54) is 0 Å². The molecule has 1 saturated carbocycles. The van der Waals surface area contributed by atoms with Crippen molar-refractivity contribution in [3.63, 3.8) is 0 Å². The Kier molecular flexibility index (Phi) is 5.88. The summed E-state index contributed by atoms with van der Waals surface area (Å²) in [6, 6.07) is 16.4. The van der Waals surface area contributed by atoms with Crippen molar-refractivity contribution in [2.24, 2.45) is 0 Å². The lowest BCUT2D eigenvalue weighted by atomic mass is 9.81. The lowest BCUT2D eigenvalue weighted by Crippen LogP contribution is -2.51. The van der Waals surface area contributed by atoms with Gasteiger partial charge in [-0.05, 0) is 56.5 Å². The van der Waals surface area contributed by atoms with Crippen LogP contribution in [0.25, 0.3) is 0 Å². The highest BCUT2D eigenvalue weighted by Crippen LogP contribution is 2.38. The molecule has 0 unspecified atom stereocenters. The molecule has 0 atom stereocenters. The Hall–Kier alpha value is -2.37. The minimum absolute atomic E-state index is 0.0596. The molecule has 1 fully saturated rings. The number of hydrogen-bond donors (Lipinski definition) is 1. The largest absolute Gasteiger partial charge is 0.485 e. The van der Waals surface area contributed by atoms with Gasteiger partial charge in [-0.1, -0.05) is 30.3 Å². The van der Waals surface area contributed by atoms with Gasteiger partial charge < -0.3 is 19.7 Å². The molecule has 0 bridgehead atoms. The fraction of sp³-hybridized carbons (Fsp3) is 0.458. The van der Waals surface area contributed by atoms with Crippen molar-refractivity contribution in [2.45, 2.75) is 50.5 Å². The summed E-state index contributed by atoms with van der Waals surface area (Å²) in [7, 11) is 3.70. The van der Waals surface area contributed by atoms with Gasteiger partial charge in [0.25, 0.3) is 5.91 Å².